The van der Waals surface area contributed by atoms with Crippen molar-refractivity contribution >= 4 is 17.8 Å². The fraction of sp³-hybridized carbons (Fsp3) is 0.229. The van der Waals surface area contributed by atoms with Gasteiger partial charge in [-0.25, -0.2) is 0 Å². The minimum absolute atomic E-state index is 0.0553. The Labute approximate surface area is 247 Å². The van der Waals surface area contributed by atoms with Crippen LogP contribution in [0.3, 0.4) is 0 Å². The smallest absolute Gasteiger partial charge is 0.305 e. The molecule has 1 N–H and O–H groups in total. The average Bonchev–Trinajstić information content (AvgIpc) is 3.01. The van der Waals surface area contributed by atoms with E-state index in [1.54, 1.807) is 35.0 Å². The van der Waals surface area contributed by atoms with Crippen LogP contribution < -0.4 is 4.74 Å². The van der Waals surface area contributed by atoms with Crippen molar-refractivity contribution in [1.82, 2.24) is 9.80 Å². The first-order chi connectivity index (χ1) is 20.4. The van der Waals surface area contributed by atoms with Crippen LogP contribution in [0.4, 0.5) is 0 Å². The lowest BCUT2D eigenvalue weighted by Gasteiger charge is -2.25. The molecule has 0 unspecified atom stereocenters. The topological polar surface area (TPSA) is 87.1 Å². The highest BCUT2D eigenvalue weighted by Gasteiger charge is 2.24. The fourth-order valence-corrected chi connectivity index (χ4v) is 4.92. The SMILES string of the molecule is CCOc1ccccc1CCN(CCC(=O)O)C(=O)c1ccccc1-c1ccccc1C(=O)N(C)Cc1ccccc1. The first kappa shape index (κ1) is 30.1. The van der Waals surface area contributed by atoms with Crippen LogP contribution in [0.25, 0.3) is 11.1 Å². The van der Waals surface area contributed by atoms with Gasteiger partial charge >= 0.3 is 5.97 Å². The molecule has 0 bridgehead atoms. The third kappa shape index (κ3) is 7.63. The number of carbonyl (C=O) groups is 3. The molecular formula is C35H36N2O5. The summed E-state index contributed by atoms with van der Waals surface area (Å²) >= 11 is 0. The second-order valence-electron chi connectivity index (χ2n) is 9.96. The number of carboxylic acids is 1. The largest absolute Gasteiger partial charge is 0.494 e. The van der Waals surface area contributed by atoms with Gasteiger partial charge in [-0.1, -0.05) is 84.9 Å². The van der Waals surface area contributed by atoms with E-state index in [4.69, 9.17) is 4.74 Å². The summed E-state index contributed by atoms with van der Waals surface area (Å²) in [6, 6.07) is 31.9. The van der Waals surface area contributed by atoms with Crippen molar-refractivity contribution in [2.75, 3.05) is 26.7 Å². The van der Waals surface area contributed by atoms with E-state index in [1.807, 2.05) is 91.9 Å². The van der Waals surface area contributed by atoms with E-state index >= 15 is 0 Å². The first-order valence-corrected chi connectivity index (χ1v) is 14.1. The van der Waals surface area contributed by atoms with Crippen LogP contribution in [-0.4, -0.2) is 59.4 Å². The maximum atomic E-state index is 14.0. The molecule has 4 aromatic rings. The Morgan fingerprint density at radius 1 is 0.714 bits per heavy atom. The van der Waals surface area contributed by atoms with E-state index in [-0.39, 0.29) is 24.8 Å². The van der Waals surface area contributed by atoms with Crippen molar-refractivity contribution < 1.29 is 24.2 Å². The molecule has 0 aromatic heterocycles. The molecule has 4 aromatic carbocycles. The van der Waals surface area contributed by atoms with Gasteiger partial charge < -0.3 is 19.6 Å². The number of carbonyl (C=O) groups excluding carboxylic acids is 2. The van der Waals surface area contributed by atoms with Crippen LogP contribution in [0.5, 0.6) is 5.75 Å². The Morgan fingerprint density at radius 3 is 1.93 bits per heavy atom. The standard InChI is InChI=1S/C35H36N2O5/c1-3-42-32-20-12-7-15-27(32)21-23-37(24-22-33(38)39)35(41)31-19-11-9-17-29(31)28-16-8-10-18-30(28)34(40)36(2)25-26-13-5-4-6-14-26/h4-20H,3,21-25H2,1-2H3,(H,38,39). The summed E-state index contributed by atoms with van der Waals surface area (Å²) in [5.74, 6) is -0.682. The second-order valence-corrected chi connectivity index (χ2v) is 9.96. The van der Waals surface area contributed by atoms with Crippen LogP contribution >= 0.6 is 0 Å². The molecule has 0 atom stereocenters. The van der Waals surface area contributed by atoms with Crippen molar-refractivity contribution in [2.24, 2.45) is 0 Å². The van der Waals surface area contributed by atoms with Crippen LogP contribution in [0, 0.1) is 0 Å². The number of para-hydroxylation sites is 1. The van der Waals surface area contributed by atoms with Gasteiger partial charge in [-0.2, -0.15) is 0 Å². The summed E-state index contributed by atoms with van der Waals surface area (Å²) in [5.41, 5.74) is 4.12. The van der Waals surface area contributed by atoms with E-state index in [1.165, 1.54) is 0 Å². The molecule has 7 heteroatoms. The Morgan fingerprint density at radius 2 is 1.29 bits per heavy atom. The molecule has 0 fully saturated rings. The first-order valence-electron chi connectivity index (χ1n) is 14.1. The van der Waals surface area contributed by atoms with Crippen molar-refractivity contribution in [1.29, 1.82) is 0 Å². The van der Waals surface area contributed by atoms with Gasteiger partial charge in [-0.05, 0) is 53.8 Å². The normalized spacial score (nSPS) is 10.6. The van der Waals surface area contributed by atoms with Gasteiger partial charge in [0.05, 0.1) is 13.0 Å². The number of aliphatic carboxylic acids is 1. The highest BCUT2D eigenvalue weighted by atomic mass is 16.5. The number of rotatable bonds is 13. The molecule has 0 aliphatic heterocycles. The summed E-state index contributed by atoms with van der Waals surface area (Å²) in [7, 11) is 1.76. The number of hydrogen-bond acceptors (Lipinski definition) is 4. The highest BCUT2D eigenvalue weighted by molar-refractivity contribution is 6.06. The predicted molar refractivity (Wildman–Crippen MR) is 164 cm³/mol. The lowest BCUT2D eigenvalue weighted by molar-refractivity contribution is -0.137. The molecule has 0 saturated heterocycles. The summed E-state index contributed by atoms with van der Waals surface area (Å²) in [6.45, 7) is 3.24. The van der Waals surface area contributed by atoms with Crippen molar-refractivity contribution in [2.45, 2.75) is 26.3 Å². The van der Waals surface area contributed by atoms with Crippen molar-refractivity contribution in [3.63, 3.8) is 0 Å². The number of nitrogens with zero attached hydrogens (tertiary/aromatic N) is 2. The highest BCUT2D eigenvalue weighted by Crippen LogP contribution is 2.30. The monoisotopic (exact) mass is 564 g/mol. The zero-order chi connectivity index (χ0) is 29.9. The number of ether oxygens (including phenoxy) is 1. The second kappa shape index (κ2) is 14.6. The third-order valence-electron chi connectivity index (χ3n) is 7.02. The van der Waals surface area contributed by atoms with Gasteiger partial charge in [0.15, 0.2) is 0 Å². The van der Waals surface area contributed by atoms with Gasteiger partial charge in [0.2, 0.25) is 0 Å². The molecular weight excluding hydrogens is 528 g/mol. The molecule has 216 valence electrons. The van der Waals surface area contributed by atoms with Crippen LogP contribution in [0.1, 0.15) is 45.2 Å². The van der Waals surface area contributed by atoms with Crippen molar-refractivity contribution in [3.05, 3.63) is 125 Å². The number of benzene rings is 4. The molecule has 4 rings (SSSR count). The molecule has 0 radical (unpaired) electrons. The third-order valence-corrected chi connectivity index (χ3v) is 7.02. The van der Waals surface area contributed by atoms with Crippen LogP contribution in [0.2, 0.25) is 0 Å². The molecule has 2 amide bonds. The maximum absolute atomic E-state index is 14.0. The minimum Gasteiger partial charge on any atom is -0.494 e. The van der Waals surface area contributed by atoms with E-state index in [0.717, 1.165) is 16.9 Å². The van der Waals surface area contributed by atoms with Gasteiger partial charge in [0, 0.05) is 37.8 Å². The van der Waals surface area contributed by atoms with Gasteiger partial charge in [0.1, 0.15) is 5.75 Å². The van der Waals surface area contributed by atoms with Gasteiger partial charge in [0.25, 0.3) is 11.8 Å². The zero-order valence-corrected chi connectivity index (χ0v) is 24.0. The number of carboxylic acid groups (broad SMARTS) is 1. The quantitative estimate of drug-likeness (QED) is 0.209. The summed E-state index contributed by atoms with van der Waals surface area (Å²) < 4.78 is 5.75. The predicted octanol–water partition coefficient (Wildman–Crippen LogP) is 6.18. The lowest BCUT2D eigenvalue weighted by atomic mass is 9.94. The Bertz CT molecular complexity index is 1520. The summed E-state index contributed by atoms with van der Waals surface area (Å²) in [4.78, 5) is 42.4. The summed E-state index contributed by atoms with van der Waals surface area (Å²) in [6.07, 6.45) is 0.323. The van der Waals surface area contributed by atoms with E-state index in [2.05, 4.69) is 0 Å². The molecule has 7 nitrogen and oxygen atoms in total. The average molecular weight is 565 g/mol. The Kier molecular flexibility index (Phi) is 10.5. The molecule has 0 heterocycles. The fourth-order valence-electron chi connectivity index (χ4n) is 4.92. The van der Waals surface area contributed by atoms with E-state index in [0.29, 0.717) is 48.4 Å². The molecule has 0 saturated carbocycles. The minimum atomic E-state index is -0.979. The molecule has 0 aliphatic carbocycles. The van der Waals surface area contributed by atoms with Crippen LogP contribution in [-0.2, 0) is 17.8 Å². The molecule has 0 spiro atoms. The maximum Gasteiger partial charge on any atom is 0.305 e. The van der Waals surface area contributed by atoms with E-state index in [9.17, 15) is 19.5 Å². The van der Waals surface area contributed by atoms with Gasteiger partial charge in [-0.3, -0.25) is 14.4 Å². The number of amides is 2. The number of hydrogen-bond donors (Lipinski definition) is 1. The van der Waals surface area contributed by atoms with Crippen molar-refractivity contribution in [3.8, 4) is 16.9 Å². The zero-order valence-electron chi connectivity index (χ0n) is 24.0. The lowest BCUT2D eigenvalue weighted by Crippen LogP contribution is -2.35. The van der Waals surface area contributed by atoms with E-state index < -0.39 is 5.97 Å². The summed E-state index contributed by atoms with van der Waals surface area (Å²) in [5, 5.41) is 9.40. The Hall–Kier alpha value is -4.91. The van der Waals surface area contributed by atoms with Crippen LogP contribution in [0.15, 0.2) is 103 Å². The Balaban J connectivity index is 1.64. The molecule has 42 heavy (non-hydrogen) atoms. The van der Waals surface area contributed by atoms with Gasteiger partial charge in [-0.15, -0.1) is 0 Å². The molecule has 0 aliphatic rings.